The molecule has 1 saturated heterocycles. The van der Waals surface area contributed by atoms with Crippen LogP contribution >= 0.6 is 22.6 Å². The minimum Gasteiger partial charge on any atom is -0.461 e. The predicted molar refractivity (Wildman–Crippen MR) is 107 cm³/mol. The molecule has 0 bridgehead atoms. The molecule has 23 heavy (non-hydrogen) atoms. The molecule has 2 unspecified atom stereocenters. The Morgan fingerprint density at radius 1 is 1.09 bits per heavy atom. The first kappa shape index (κ1) is 21.0. The zero-order chi connectivity index (χ0) is 16.8. The van der Waals surface area contributed by atoms with Crippen molar-refractivity contribution in [2.24, 2.45) is 0 Å². The van der Waals surface area contributed by atoms with Crippen LogP contribution in [0.4, 0.5) is 0 Å². The molecule has 134 valence electrons. The van der Waals surface area contributed by atoms with E-state index in [0.29, 0.717) is 10.3 Å². The zero-order valence-electron chi connectivity index (χ0n) is 14.9. The van der Waals surface area contributed by atoms with Crippen LogP contribution in [0.1, 0.15) is 96.8 Å². The van der Waals surface area contributed by atoms with Gasteiger partial charge in [0.1, 0.15) is 6.10 Å². The Labute approximate surface area is 157 Å². The van der Waals surface area contributed by atoms with Crippen LogP contribution in [-0.4, -0.2) is 16.0 Å². The van der Waals surface area contributed by atoms with Crippen molar-refractivity contribution < 1.29 is 9.53 Å². The van der Waals surface area contributed by atoms with Crippen LogP contribution in [0.3, 0.4) is 0 Å². The summed E-state index contributed by atoms with van der Waals surface area (Å²) < 4.78 is 5.90. The van der Waals surface area contributed by atoms with Crippen LogP contribution in [0.2, 0.25) is 0 Å². The topological polar surface area (TPSA) is 26.3 Å². The fourth-order valence-electron chi connectivity index (χ4n) is 3.06. The molecule has 0 N–H and O–H groups in total. The summed E-state index contributed by atoms with van der Waals surface area (Å²) >= 11 is 2.45. The molecule has 1 aliphatic heterocycles. The van der Waals surface area contributed by atoms with Crippen LogP contribution < -0.4 is 0 Å². The Bertz CT molecular complexity index is 328. The molecule has 0 radical (unpaired) electrons. The SMILES string of the molecule is CCCCCCCCCC/C=C\CCC(I)C1CCCC(=O)O1. The van der Waals surface area contributed by atoms with Gasteiger partial charge in [-0.15, -0.1) is 0 Å². The largest absolute Gasteiger partial charge is 0.461 e. The van der Waals surface area contributed by atoms with Gasteiger partial charge in [-0.2, -0.15) is 0 Å². The van der Waals surface area contributed by atoms with Gasteiger partial charge < -0.3 is 4.74 Å². The lowest BCUT2D eigenvalue weighted by Gasteiger charge is -2.26. The molecule has 1 heterocycles. The Morgan fingerprint density at radius 2 is 1.74 bits per heavy atom. The van der Waals surface area contributed by atoms with Crippen molar-refractivity contribution in [3.8, 4) is 0 Å². The fourth-order valence-corrected chi connectivity index (χ4v) is 3.93. The Hall–Kier alpha value is -0.0600. The first-order valence-corrected chi connectivity index (χ1v) is 11.0. The molecule has 3 heteroatoms. The Kier molecular flexibility index (Phi) is 13.0. The number of carbonyl (C=O) groups is 1. The van der Waals surface area contributed by atoms with Gasteiger partial charge in [0.25, 0.3) is 0 Å². The molecule has 2 atom stereocenters. The van der Waals surface area contributed by atoms with Gasteiger partial charge in [-0.05, 0) is 38.5 Å². The van der Waals surface area contributed by atoms with Crippen molar-refractivity contribution in [1.29, 1.82) is 0 Å². The second-order valence-corrected chi connectivity index (χ2v) is 8.35. The second-order valence-electron chi connectivity index (χ2n) is 6.75. The Morgan fingerprint density at radius 3 is 2.43 bits per heavy atom. The first-order chi connectivity index (χ1) is 11.2. The summed E-state index contributed by atoms with van der Waals surface area (Å²) in [6.45, 7) is 2.27. The lowest BCUT2D eigenvalue weighted by atomic mass is 10.0. The predicted octanol–water partition coefficient (Wildman–Crippen LogP) is 6.75. The van der Waals surface area contributed by atoms with Crippen molar-refractivity contribution in [2.75, 3.05) is 0 Å². The number of cyclic esters (lactones) is 1. The molecule has 0 aromatic carbocycles. The number of alkyl halides is 1. The smallest absolute Gasteiger partial charge is 0.306 e. The van der Waals surface area contributed by atoms with Crippen molar-refractivity contribution in [3.05, 3.63) is 12.2 Å². The van der Waals surface area contributed by atoms with Crippen LogP contribution in [0.5, 0.6) is 0 Å². The van der Waals surface area contributed by atoms with Crippen LogP contribution in [0.25, 0.3) is 0 Å². The summed E-state index contributed by atoms with van der Waals surface area (Å²) in [5, 5.41) is 0. The normalized spacial score (nSPS) is 19.9. The number of unbranched alkanes of at least 4 members (excludes halogenated alkanes) is 8. The summed E-state index contributed by atoms with van der Waals surface area (Å²) in [7, 11) is 0. The van der Waals surface area contributed by atoms with Gasteiger partial charge in [0.2, 0.25) is 0 Å². The van der Waals surface area contributed by atoms with E-state index in [0.717, 1.165) is 25.7 Å². The van der Waals surface area contributed by atoms with Crippen LogP contribution in [0.15, 0.2) is 12.2 Å². The van der Waals surface area contributed by atoms with E-state index in [2.05, 4.69) is 41.7 Å². The molecule has 0 amide bonds. The highest BCUT2D eigenvalue weighted by atomic mass is 127. The molecule has 1 aliphatic rings. The van der Waals surface area contributed by atoms with Crippen molar-refractivity contribution >= 4 is 28.6 Å². The van der Waals surface area contributed by atoms with Crippen molar-refractivity contribution in [3.63, 3.8) is 0 Å². The maximum atomic E-state index is 11.3. The van der Waals surface area contributed by atoms with E-state index < -0.39 is 0 Å². The maximum absolute atomic E-state index is 11.3. The molecule has 1 fully saturated rings. The van der Waals surface area contributed by atoms with Gasteiger partial charge in [0.05, 0.1) is 0 Å². The molecule has 0 aromatic rings. The van der Waals surface area contributed by atoms with Crippen LogP contribution in [0, 0.1) is 0 Å². The standard InChI is InChI=1S/C20H35IO2/c1-2-3-4-5-6-7-8-9-10-11-12-13-15-18(21)19-16-14-17-20(22)23-19/h11-12,18-19H,2-10,13-17H2,1H3/b12-11-. The van der Waals surface area contributed by atoms with E-state index >= 15 is 0 Å². The third-order valence-electron chi connectivity index (χ3n) is 4.56. The second kappa shape index (κ2) is 14.3. The molecule has 2 nitrogen and oxygen atoms in total. The Balaban J connectivity index is 1.91. The minimum atomic E-state index is -0.00634. The number of rotatable bonds is 13. The summed E-state index contributed by atoms with van der Waals surface area (Å²) in [4.78, 5) is 11.3. The van der Waals surface area contributed by atoms with Gasteiger partial charge in [0.15, 0.2) is 0 Å². The van der Waals surface area contributed by atoms with Crippen molar-refractivity contribution in [1.82, 2.24) is 0 Å². The highest BCUT2D eigenvalue weighted by molar-refractivity contribution is 14.1. The number of halogens is 1. The molecule has 1 rings (SSSR count). The molecular weight excluding hydrogens is 399 g/mol. The van der Waals surface area contributed by atoms with Gasteiger partial charge in [0, 0.05) is 10.3 Å². The van der Waals surface area contributed by atoms with E-state index in [1.807, 2.05) is 0 Å². The maximum Gasteiger partial charge on any atom is 0.306 e. The first-order valence-electron chi connectivity index (χ1n) is 9.72. The van der Waals surface area contributed by atoms with Crippen LogP contribution in [-0.2, 0) is 9.53 Å². The van der Waals surface area contributed by atoms with E-state index in [-0.39, 0.29) is 12.1 Å². The lowest BCUT2D eigenvalue weighted by molar-refractivity contribution is -0.153. The highest BCUT2D eigenvalue weighted by Crippen LogP contribution is 2.25. The van der Waals surface area contributed by atoms with E-state index in [1.54, 1.807) is 0 Å². The van der Waals surface area contributed by atoms with Gasteiger partial charge in [-0.1, -0.05) is 86.6 Å². The number of hydrogen-bond acceptors (Lipinski definition) is 2. The zero-order valence-corrected chi connectivity index (χ0v) is 17.1. The number of ether oxygens (including phenoxy) is 1. The average molecular weight is 434 g/mol. The summed E-state index contributed by atoms with van der Waals surface area (Å²) in [5.74, 6) is -0.00634. The molecular formula is C20H35IO2. The summed E-state index contributed by atoms with van der Waals surface area (Å²) in [6, 6.07) is 0. The van der Waals surface area contributed by atoms with E-state index in [1.165, 1.54) is 57.8 Å². The molecule has 0 spiro atoms. The number of hydrogen-bond donors (Lipinski definition) is 0. The van der Waals surface area contributed by atoms with Gasteiger partial charge >= 0.3 is 5.97 Å². The third-order valence-corrected chi connectivity index (χ3v) is 5.98. The van der Waals surface area contributed by atoms with E-state index in [4.69, 9.17) is 4.74 Å². The fraction of sp³-hybridized carbons (Fsp3) is 0.850. The highest BCUT2D eigenvalue weighted by Gasteiger charge is 2.26. The third kappa shape index (κ3) is 11.2. The quantitative estimate of drug-likeness (QED) is 0.105. The molecule has 0 aromatic heterocycles. The average Bonchev–Trinajstić information content (AvgIpc) is 2.55. The van der Waals surface area contributed by atoms with Gasteiger partial charge in [-0.25, -0.2) is 0 Å². The van der Waals surface area contributed by atoms with E-state index in [9.17, 15) is 4.79 Å². The minimum absolute atomic E-state index is 0.00634. The number of carbonyl (C=O) groups excluding carboxylic acids is 1. The lowest BCUT2D eigenvalue weighted by Crippen LogP contribution is -2.30. The van der Waals surface area contributed by atoms with Crippen molar-refractivity contribution in [2.45, 2.75) is 107 Å². The summed E-state index contributed by atoms with van der Waals surface area (Å²) in [6.07, 6.45) is 22.0. The van der Waals surface area contributed by atoms with Gasteiger partial charge in [-0.3, -0.25) is 4.79 Å². The molecule has 0 aliphatic carbocycles. The number of esters is 1. The monoisotopic (exact) mass is 434 g/mol. The summed E-state index contributed by atoms with van der Waals surface area (Å²) in [5.41, 5.74) is 0. The molecule has 0 saturated carbocycles. The number of allylic oxidation sites excluding steroid dienone is 2.